The standard InChI is InChI=1S/C26H27BrFN5O2/c1-31(2)16-24(18-3-4-23(28)22(27)11-18)33-6-5-17(12-25(33)34)21-15-30-26-20(21)13-19(14-29-26)32-7-9-35-10-8-32/h3-6,11-15,24H,7-10,16H2,1-2H3,(H,29,30)/t24-/m1/s1. The first-order valence-corrected chi connectivity index (χ1v) is 12.3. The van der Waals surface area contributed by atoms with Crippen molar-refractivity contribution in [3.05, 3.63) is 81.2 Å². The van der Waals surface area contributed by atoms with Crippen molar-refractivity contribution in [2.45, 2.75) is 6.04 Å². The molecule has 0 saturated carbocycles. The van der Waals surface area contributed by atoms with Gasteiger partial charge in [0.05, 0.1) is 35.6 Å². The number of likely N-dealkylation sites (N-methyl/N-ethyl adjacent to an activating group) is 1. The topological polar surface area (TPSA) is 66.4 Å². The van der Waals surface area contributed by atoms with E-state index < -0.39 is 0 Å². The van der Waals surface area contributed by atoms with Crippen LogP contribution in [0.2, 0.25) is 0 Å². The molecule has 0 aliphatic carbocycles. The number of halogens is 2. The maximum atomic E-state index is 13.8. The quantitative estimate of drug-likeness (QED) is 0.396. The van der Waals surface area contributed by atoms with Crippen LogP contribution in [0.1, 0.15) is 11.6 Å². The van der Waals surface area contributed by atoms with Gasteiger partial charge in [0.15, 0.2) is 0 Å². The van der Waals surface area contributed by atoms with Crippen molar-refractivity contribution in [2.75, 3.05) is 51.8 Å². The van der Waals surface area contributed by atoms with E-state index in [2.05, 4.69) is 36.9 Å². The summed E-state index contributed by atoms with van der Waals surface area (Å²) in [5.74, 6) is -0.329. The predicted molar refractivity (Wildman–Crippen MR) is 140 cm³/mol. The van der Waals surface area contributed by atoms with Crippen LogP contribution in [0.5, 0.6) is 0 Å². The van der Waals surface area contributed by atoms with E-state index in [4.69, 9.17) is 4.74 Å². The van der Waals surface area contributed by atoms with Crippen LogP contribution in [-0.2, 0) is 4.74 Å². The van der Waals surface area contributed by atoms with Gasteiger partial charge in [0, 0.05) is 49.0 Å². The Balaban J connectivity index is 1.52. The number of pyridine rings is 2. The minimum atomic E-state index is -0.329. The first-order valence-electron chi connectivity index (χ1n) is 11.5. The number of H-pyrrole nitrogens is 1. The monoisotopic (exact) mass is 539 g/mol. The zero-order valence-corrected chi connectivity index (χ0v) is 21.3. The van der Waals surface area contributed by atoms with Gasteiger partial charge in [-0.3, -0.25) is 4.79 Å². The highest BCUT2D eigenvalue weighted by atomic mass is 79.9. The summed E-state index contributed by atoms with van der Waals surface area (Å²) >= 11 is 3.27. The Kier molecular flexibility index (Phi) is 6.73. The molecule has 7 nitrogen and oxygen atoms in total. The Hall–Kier alpha value is -3.01. The first-order chi connectivity index (χ1) is 16.9. The highest BCUT2D eigenvalue weighted by Crippen LogP contribution is 2.31. The Bertz CT molecular complexity index is 1410. The van der Waals surface area contributed by atoms with Crippen molar-refractivity contribution < 1.29 is 9.13 Å². The number of nitrogens with zero attached hydrogens (tertiary/aromatic N) is 4. The molecule has 0 spiro atoms. The molecule has 1 aromatic carbocycles. The number of rotatable bonds is 6. The Labute approximate surface area is 211 Å². The molecule has 1 aliphatic rings. The second-order valence-corrected chi connectivity index (χ2v) is 9.86. The van der Waals surface area contributed by atoms with Crippen LogP contribution < -0.4 is 10.5 Å². The third-order valence-electron chi connectivity index (χ3n) is 6.35. The second-order valence-electron chi connectivity index (χ2n) is 9.00. The van der Waals surface area contributed by atoms with E-state index >= 15 is 0 Å². The van der Waals surface area contributed by atoms with E-state index in [1.54, 1.807) is 22.8 Å². The molecule has 1 saturated heterocycles. The van der Waals surface area contributed by atoms with E-state index in [0.29, 0.717) is 24.2 Å². The second kappa shape index (κ2) is 9.93. The van der Waals surface area contributed by atoms with E-state index in [1.165, 1.54) is 6.07 Å². The third-order valence-corrected chi connectivity index (χ3v) is 6.96. The lowest BCUT2D eigenvalue weighted by Crippen LogP contribution is -2.36. The summed E-state index contributed by atoms with van der Waals surface area (Å²) in [4.78, 5) is 25.4. The van der Waals surface area contributed by atoms with E-state index in [9.17, 15) is 9.18 Å². The van der Waals surface area contributed by atoms with Crippen molar-refractivity contribution in [3.63, 3.8) is 0 Å². The van der Waals surface area contributed by atoms with Crippen molar-refractivity contribution in [1.29, 1.82) is 0 Å². The molecule has 1 aliphatic heterocycles. The molecule has 1 atom stereocenters. The third kappa shape index (κ3) is 4.89. The number of fused-ring (bicyclic) bond motifs is 1. The average Bonchev–Trinajstić information content (AvgIpc) is 3.28. The zero-order valence-electron chi connectivity index (χ0n) is 19.7. The molecule has 9 heteroatoms. The van der Waals surface area contributed by atoms with Gasteiger partial charge in [-0.05, 0) is 65.4 Å². The summed E-state index contributed by atoms with van der Waals surface area (Å²) in [6.07, 6.45) is 5.59. The smallest absolute Gasteiger partial charge is 0.251 e. The number of ether oxygens (including phenoxy) is 1. The summed E-state index contributed by atoms with van der Waals surface area (Å²) in [6.45, 7) is 3.66. The largest absolute Gasteiger partial charge is 0.378 e. The molecular formula is C26H27BrFN5O2. The van der Waals surface area contributed by atoms with Crippen LogP contribution in [0.25, 0.3) is 22.2 Å². The van der Waals surface area contributed by atoms with Crippen LogP contribution in [0.4, 0.5) is 10.1 Å². The van der Waals surface area contributed by atoms with Gasteiger partial charge in [-0.1, -0.05) is 6.07 Å². The fraction of sp³-hybridized carbons (Fsp3) is 0.308. The molecule has 4 aromatic rings. The maximum Gasteiger partial charge on any atom is 0.251 e. The molecular weight excluding hydrogens is 513 g/mol. The molecule has 182 valence electrons. The predicted octanol–water partition coefficient (Wildman–Crippen LogP) is 4.28. The van der Waals surface area contributed by atoms with Crippen molar-refractivity contribution >= 4 is 32.7 Å². The summed E-state index contributed by atoms with van der Waals surface area (Å²) in [5.41, 5.74) is 4.31. The molecule has 0 amide bonds. The van der Waals surface area contributed by atoms with Crippen molar-refractivity contribution in [3.8, 4) is 11.1 Å². The normalized spacial score (nSPS) is 15.2. The number of aromatic nitrogens is 3. The fourth-order valence-electron chi connectivity index (χ4n) is 4.56. The lowest BCUT2D eigenvalue weighted by molar-refractivity contribution is 0.122. The zero-order chi connectivity index (χ0) is 24.5. The molecule has 0 bridgehead atoms. The van der Waals surface area contributed by atoms with Gasteiger partial charge in [0.2, 0.25) is 0 Å². The van der Waals surface area contributed by atoms with Gasteiger partial charge in [-0.25, -0.2) is 9.37 Å². The summed E-state index contributed by atoms with van der Waals surface area (Å²) in [6, 6.07) is 10.4. The molecule has 0 radical (unpaired) electrons. The van der Waals surface area contributed by atoms with Crippen molar-refractivity contribution in [1.82, 2.24) is 19.4 Å². The molecule has 3 aromatic heterocycles. The minimum absolute atomic E-state index is 0.124. The Morgan fingerprint density at radius 3 is 2.71 bits per heavy atom. The maximum absolute atomic E-state index is 13.8. The van der Waals surface area contributed by atoms with E-state index in [1.807, 2.05) is 43.7 Å². The highest BCUT2D eigenvalue weighted by Gasteiger charge is 2.19. The Morgan fingerprint density at radius 2 is 2.00 bits per heavy atom. The number of benzene rings is 1. The average molecular weight is 540 g/mol. The van der Waals surface area contributed by atoms with Gasteiger partial charge in [0.1, 0.15) is 11.5 Å². The summed E-state index contributed by atoms with van der Waals surface area (Å²) < 4.78 is 21.4. The van der Waals surface area contributed by atoms with Gasteiger partial charge in [-0.2, -0.15) is 0 Å². The molecule has 1 N–H and O–H groups in total. The number of nitrogens with one attached hydrogen (secondary N) is 1. The molecule has 0 unspecified atom stereocenters. The fourth-order valence-corrected chi connectivity index (χ4v) is 4.96. The molecule has 5 rings (SSSR count). The highest BCUT2D eigenvalue weighted by molar-refractivity contribution is 9.10. The molecule has 1 fully saturated rings. The number of anilines is 1. The number of morpholine rings is 1. The van der Waals surface area contributed by atoms with Gasteiger partial charge in [-0.15, -0.1) is 0 Å². The van der Waals surface area contributed by atoms with Crippen LogP contribution in [0, 0.1) is 5.82 Å². The summed E-state index contributed by atoms with van der Waals surface area (Å²) in [5, 5.41) is 0.971. The van der Waals surface area contributed by atoms with Gasteiger partial charge >= 0.3 is 0 Å². The SMILES string of the molecule is CN(C)C[C@H](c1ccc(F)c(Br)c1)n1ccc(-c2c[nH]c3ncc(N4CCOCC4)cc23)cc1=O. The number of hydrogen-bond acceptors (Lipinski definition) is 5. The van der Waals surface area contributed by atoms with E-state index in [-0.39, 0.29) is 17.4 Å². The number of hydrogen-bond donors (Lipinski definition) is 1. The van der Waals surface area contributed by atoms with Crippen LogP contribution in [0.15, 0.2) is 64.3 Å². The van der Waals surface area contributed by atoms with Crippen LogP contribution in [-0.4, -0.2) is 66.4 Å². The molecule has 4 heterocycles. The first kappa shape index (κ1) is 23.7. The van der Waals surface area contributed by atoms with Gasteiger partial charge < -0.3 is 24.1 Å². The summed E-state index contributed by atoms with van der Waals surface area (Å²) in [7, 11) is 3.91. The van der Waals surface area contributed by atoms with E-state index in [0.717, 1.165) is 46.5 Å². The molecule has 35 heavy (non-hydrogen) atoms. The van der Waals surface area contributed by atoms with Gasteiger partial charge in [0.25, 0.3) is 5.56 Å². The van der Waals surface area contributed by atoms with Crippen LogP contribution in [0.3, 0.4) is 0 Å². The minimum Gasteiger partial charge on any atom is -0.378 e. The lowest BCUT2D eigenvalue weighted by Gasteiger charge is -2.28. The Morgan fingerprint density at radius 1 is 1.20 bits per heavy atom. The number of aromatic amines is 1. The van der Waals surface area contributed by atoms with Crippen LogP contribution >= 0.6 is 15.9 Å². The lowest BCUT2D eigenvalue weighted by atomic mass is 10.0. The van der Waals surface area contributed by atoms with Crippen molar-refractivity contribution in [2.24, 2.45) is 0 Å².